The van der Waals surface area contributed by atoms with Gasteiger partial charge in [-0.05, 0) is 26.2 Å². The largest absolute Gasteiger partial charge is 0.466 e. The maximum atomic E-state index is 11.9. The van der Waals surface area contributed by atoms with E-state index in [0.29, 0.717) is 19.7 Å². The lowest BCUT2D eigenvalue weighted by atomic mass is 9.98. The molecule has 1 aliphatic heterocycles. The minimum atomic E-state index is -0.177. The van der Waals surface area contributed by atoms with Crippen LogP contribution in [0.4, 0.5) is 4.79 Å². The minimum Gasteiger partial charge on any atom is -0.466 e. The Morgan fingerprint density at radius 1 is 1.39 bits per heavy atom. The fourth-order valence-corrected chi connectivity index (χ4v) is 2.10. The summed E-state index contributed by atoms with van der Waals surface area (Å²) in [6.45, 7) is 6.21. The quantitative estimate of drug-likeness (QED) is 0.602. The molecule has 18 heavy (non-hydrogen) atoms. The maximum Gasteiger partial charge on any atom is 0.317 e. The molecule has 1 heterocycles. The predicted molar refractivity (Wildman–Crippen MR) is 69.2 cm³/mol. The Hall–Kier alpha value is -1.26. The number of hydrogen-bond donors (Lipinski definition) is 1. The molecular formula is C13H24N2O3. The number of urea groups is 1. The third-order valence-electron chi connectivity index (χ3n) is 3.14. The number of unbranched alkanes of at least 4 members (excludes halogenated alkanes) is 1. The fraction of sp³-hybridized carbons (Fsp3) is 0.846. The number of nitrogens with one attached hydrogen (secondary N) is 1. The molecule has 1 aliphatic rings. The predicted octanol–water partition coefficient (Wildman–Crippen LogP) is 1.77. The molecule has 0 bridgehead atoms. The SMILES string of the molecule is CCCCNC(=O)N1CCC[C@H](C(=O)OCC)C1. The van der Waals surface area contributed by atoms with Gasteiger partial charge in [0.1, 0.15) is 0 Å². The molecule has 0 radical (unpaired) electrons. The smallest absolute Gasteiger partial charge is 0.317 e. The van der Waals surface area contributed by atoms with Crippen molar-refractivity contribution < 1.29 is 14.3 Å². The third kappa shape index (κ3) is 4.55. The Morgan fingerprint density at radius 3 is 2.83 bits per heavy atom. The van der Waals surface area contributed by atoms with Crippen LogP contribution in [0.15, 0.2) is 0 Å². The molecule has 5 nitrogen and oxygen atoms in total. The first-order valence-corrected chi connectivity index (χ1v) is 6.88. The molecule has 1 rings (SSSR count). The van der Waals surface area contributed by atoms with Gasteiger partial charge < -0.3 is 15.0 Å². The number of hydrogen-bond acceptors (Lipinski definition) is 3. The molecule has 2 amide bonds. The lowest BCUT2D eigenvalue weighted by Crippen LogP contribution is -2.47. The van der Waals surface area contributed by atoms with Gasteiger partial charge in [-0.25, -0.2) is 4.79 Å². The van der Waals surface area contributed by atoms with E-state index in [-0.39, 0.29) is 17.9 Å². The second-order valence-corrected chi connectivity index (χ2v) is 4.62. The Morgan fingerprint density at radius 2 is 2.17 bits per heavy atom. The van der Waals surface area contributed by atoms with Gasteiger partial charge in [-0.3, -0.25) is 4.79 Å². The van der Waals surface area contributed by atoms with Crippen molar-refractivity contribution in [1.29, 1.82) is 0 Å². The summed E-state index contributed by atoms with van der Waals surface area (Å²) >= 11 is 0. The number of rotatable bonds is 5. The van der Waals surface area contributed by atoms with E-state index >= 15 is 0 Å². The molecular weight excluding hydrogens is 232 g/mol. The molecule has 1 saturated heterocycles. The Labute approximate surface area is 109 Å². The van der Waals surface area contributed by atoms with E-state index in [4.69, 9.17) is 4.74 Å². The van der Waals surface area contributed by atoms with Crippen LogP contribution < -0.4 is 5.32 Å². The van der Waals surface area contributed by atoms with Gasteiger partial charge in [0, 0.05) is 19.6 Å². The number of amides is 2. The van der Waals surface area contributed by atoms with Crippen molar-refractivity contribution in [2.24, 2.45) is 5.92 Å². The normalized spacial score (nSPS) is 19.4. The van der Waals surface area contributed by atoms with E-state index in [0.717, 1.165) is 32.2 Å². The average molecular weight is 256 g/mol. The molecule has 0 aromatic rings. The molecule has 0 aromatic carbocycles. The highest BCUT2D eigenvalue weighted by Gasteiger charge is 2.29. The molecule has 1 fully saturated rings. The average Bonchev–Trinajstić information content (AvgIpc) is 2.39. The van der Waals surface area contributed by atoms with Gasteiger partial charge in [-0.2, -0.15) is 0 Å². The van der Waals surface area contributed by atoms with Crippen molar-refractivity contribution in [3.8, 4) is 0 Å². The fourth-order valence-electron chi connectivity index (χ4n) is 2.10. The van der Waals surface area contributed by atoms with Crippen LogP contribution in [0.5, 0.6) is 0 Å². The van der Waals surface area contributed by atoms with Gasteiger partial charge in [0.25, 0.3) is 0 Å². The summed E-state index contributed by atoms with van der Waals surface area (Å²) in [7, 11) is 0. The van der Waals surface area contributed by atoms with Gasteiger partial charge in [-0.1, -0.05) is 13.3 Å². The number of carbonyl (C=O) groups excluding carboxylic acids is 2. The highest BCUT2D eigenvalue weighted by molar-refractivity contribution is 5.77. The zero-order valence-corrected chi connectivity index (χ0v) is 11.4. The Bertz CT molecular complexity index is 281. The molecule has 1 N–H and O–H groups in total. The molecule has 0 aliphatic carbocycles. The number of nitrogens with zero attached hydrogens (tertiary/aromatic N) is 1. The van der Waals surface area contributed by atoms with Gasteiger partial charge in [-0.15, -0.1) is 0 Å². The number of esters is 1. The summed E-state index contributed by atoms with van der Waals surface area (Å²) in [5.41, 5.74) is 0. The van der Waals surface area contributed by atoms with Crippen LogP contribution in [0.1, 0.15) is 39.5 Å². The lowest BCUT2D eigenvalue weighted by molar-refractivity contribution is -0.149. The first-order chi connectivity index (χ1) is 8.69. The summed E-state index contributed by atoms with van der Waals surface area (Å²) < 4.78 is 5.01. The van der Waals surface area contributed by atoms with Crippen molar-refractivity contribution in [3.63, 3.8) is 0 Å². The van der Waals surface area contributed by atoms with Crippen LogP contribution >= 0.6 is 0 Å². The number of piperidine rings is 1. The van der Waals surface area contributed by atoms with Crippen LogP contribution in [0, 0.1) is 5.92 Å². The van der Waals surface area contributed by atoms with Gasteiger partial charge in [0.05, 0.1) is 12.5 Å². The second-order valence-electron chi connectivity index (χ2n) is 4.62. The maximum absolute atomic E-state index is 11.9. The first-order valence-electron chi connectivity index (χ1n) is 6.88. The van der Waals surface area contributed by atoms with Crippen LogP contribution in [-0.4, -0.2) is 43.1 Å². The van der Waals surface area contributed by atoms with Gasteiger partial charge in [0.2, 0.25) is 0 Å². The summed E-state index contributed by atoms with van der Waals surface area (Å²) in [6.07, 6.45) is 3.73. The highest BCUT2D eigenvalue weighted by atomic mass is 16.5. The van der Waals surface area contributed by atoms with Crippen LogP contribution in [-0.2, 0) is 9.53 Å². The standard InChI is InChI=1S/C13H24N2O3/c1-3-5-8-14-13(17)15-9-6-7-11(10-15)12(16)18-4-2/h11H,3-10H2,1-2H3,(H,14,17)/t11-/m0/s1. The summed E-state index contributed by atoms with van der Waals surface area (Å²) in [5.74, 6) is -0.334. The molecule has 5 heteroatoms. The number of ether oxygens (including phenoxy) is 1. The van der Waals surface area contributed by atoms with E-state index in [9.17, 15) is 9.59 Å². The minimum absolute atomic E-state index is 0.0579. The van der Waals surface area contributed by atoms with Crippen molar-refractivity contribution in [2.45, 2.75) is 39.5 Å². The number of carbonyl (C=O) groups is 2. The van der Waals surface area contributed by atoms with Crippen molar-refractivity contribution in [2.75, 3.05) is 26.2 Å². The van der Waals surface area contributed by atoms with Crippen LogP contribution in [0.3, 0.4) is 0 Å². The van der Waals surface area contributed by atoms with Crippen molar-refractivity contribution in [1.82, 2.24) is 10.2 Å². The molecule has 0 unspecified atom stereocenters. The topological polar surface area (TPSA) is 58.6 Å². The Kier molecular flexibility index (Phi) is 6.54. The first kappa shape index (κ1) is 14.8. The second kappa shape index (κ2) is 7.95. The number of likely N-dealkylation sites (tertiary alicyclic amines) is 1. The van der Waals surface area contributed by atoms with E-state index in [2.05, 4.69) is 12.2 Å². The third-order valence-corrected chi connectivity index (χ3v) is 3.14. The van der Waals surface area contributed by atoms with E-state index in [1.807, 2.05) is 0 Å². The summed E-state index contributed by atoms with van der Waals surface area (Å²) in [6, 6.07) is -0.0579. The van der Waals surface area contributed by atoms with Gasteiger partial charge >= 0.3 is 12.0 Å². The zero-order chi connectivity index (χ0) is 13.4. The summed E-state index contributed by atoms with van der Waals surface area (Å²) in [5, 5.41) is 2.88. The monoisotopic (exact) mass is 256 g/mol. The summed E-state index contributed by atoms with van der Waals surface area (Å²) in [4.78, 5) is 25.2. The lowest BCUT2D eigenvalue weighted by Gasteiger charge is -2.31. The van der Waals surface area contributed by atoms with Crippen molar-refractivity contribution >= 4 is 12.0 Å². The van der Waals surface area contributed by atoms with Gasteiger partial charge in [0.15, 0.2) is 0 Å². The molecule has 0 saturated carbocycles. The van der Waals surface area contributed by atoms with E-state index in [1.165, 1.54) is 0 Å². The molecule has 0 aromatic heterocycles. The van der Waals surface area contributed by atoms with Crippen LogP contribution in [0.25, 0.3) is 0 Å². The highest BCUT2D eigenvalue weighted by Crippen LogP contribution is 2.17. The molecule has 0 spiro atoms. The van der Waals surface area contributed by atoms with Crippen molar-refractivity contribution in [3.05, 3.63) is 0 Å². The van der Waals surface area contributed by atoms with Crippen LogP contribution in [0.2, 0.25) is 0 Å². The Balaban J connectivity index is 2.38. The molecule has 1 atom stereocenters. The zero-order valence-electron chi connectivity index (χ0n) is 11.4. The van der Waals surface area contributed by atoms with E-state index < -0.39 is 0 Å². The van der Waals surface area contributed by atoms with E-state index in [1.54, 1.807) is 11.8 Å². The molecule has 104 valence electrons.